The second-order valence-corrected chi connectivity index (χ2v) is 11.4. The van der Waals surface area contributed by atoms with Crippen LogP contribution in [0.4, 0.5) is 0 Å². The van der Waals surface area contributed by atoms with Crippen LogP contribution in [0.5, 0.6) is 0 Å². The van der Waals surface area contributed by atoms with E-state index < -0.39 is 18.8 Å². The fourth-order valence-corrected chi connectivity index (χ4v) is 5.98. The van der Waals surface area contributed by atoms with Gasteiger partial charge in [-0.15, -0.1) is 0 Å². The third-order valence-electron chi connectivity index (χ3n) is 5.47. The summed E-state index contributed by atoms with van der Waals surface area (Å²) in [5.74, 6) is 0. The lowest BCUT2D eigenvalue weighted by Crippen LogP contribution is -2.33. The van der Waals surface area contributed by atoms with E-state index in [9.17, 15) is 14.2 Å². The van der Waals surface area contributed by atoms with E-state index in [1.165, 1.54) is 16.3 Å². The first kappa shape index (κ1) is 25.9. The highest BCUT2D eigenvalue weighted by Crippen LogP contribution is 2.50. The van der Waals surface area contributed by atoms with E-state index in [0.29, 0.717) is 10.6 Å². The molecule has 0 bridgehead atoms. The van der Waals surface area contributed by atoms with E-state index in [-0.39, 0.29) is 25.9 Å². The van der Waals surface area contributed by atoms with Gasteiger partial charge in [0.05, 0.1) is 24.4 Å². The van der Waals surface area contributed by atoms with Crippen molar-refractivity contribution in [2.45, 2.75) is 36.6 Å². The molecule has 4 aromatic rings. The molecule has 3 aromatic carbocycles. The van der Waals surface area contributed by atoms with Crippen molar-refractivity contribution in [1.82, 2.24) is 9.55 Å². The van der Waals surface area contributed by atoms with Gasteiger partial charge in [-0.1, -0.05) is 90.6 Å². The summed E-state index contributed by atoms with van der Waals surface area (Å²) in [6.07, 6.45) is -0.0413. The highest BCUT2D eigenvalue weighted by atomic mass is 32.2. The molecule has 1 N–H and O–H groups in total. The highest BCUT2D eigenvalue weighted by molar-refractivity contribution is 7.99. The summed E-state index contributed by atoms with van der Waals surface area (Å²) in [5, 5.41) is 0.493. The monoisotopic (exact) mass is 522 g/mol. The van der Waals surface area contributed by atoms with Crippen LogP contribution in [0.3, 0.4) is 0 Å². The molecule has 36 heavy (non-hydrogen) atoms. The summed E-state index contributed by atoms with van der Waals surface area (Å²) in [6.45, 7) is 1.93. The van der Waals surface area contributed by atoms with Crippen LogP contribution in [-0.4, -0.2) is 15.7 Å². The number of nitrogens with one attached hydrogen (secondary N) is 1. The SMILES string of the molecule is Cc1c(Sc2ccccc2)n(CCP(=O)(OCc2ccccc2)OCc2ccccc2)c(=O)[nH]c1=O. The molecule has 1 heterocycles. The molecule has 7 nitrogen and oxygen atoms in total. The molecule has 0 atom stereocenters. The van der Waals surface area contributed by atoms with Crippen LogP contribution in [-0.2, 0) is 33.4 Å². The average molecular weight is 523 g/mol. The van der Waals surface area contributed by atoms with Gasteiger partial charge in [0.25, 0.3) is 5.56 Å². The van der Waals surface area contributed by atoms with Gasteiger partial charge in [0.15, 0.2) is 0 Å². The molecular weight excluding hydrogens is 495 g/mol. The van der Waals surface area contributed by atoms with Crippen molar-refractivity contribution < 1.29 is 13.6 Å². The minimum absolute atomic E-state index is 0.0413. The molecule has 0 saturated heterocycles. The molecular formula is C27H27N2O5PS. The van der Waals surface area contributed by atoms with Crippen molar-refractivity contribution in [3.8, 4) is 0 Å². The Morgan fingerprint density at radius 2 is 1.31 bits per heavy atom. The minimum atomic E-state index is -3.63. The van der Waals surface area contributed by atoms with E-state index >= 15 is 0 Å². The molecule has 0 aliphatic heterocycles. The van der Waals surface area contributed by atoms with Crippen molar-refractivity contribution >= 4 is 19.4 Å². The third-order valence-corrected chi connectivity index (χ3v) is 8.49. The van der Waals surface area contributed by atoms with E-state index in [1.54, 1.807) is 6.92 Å². The smallest absolute Gasteiger partial charge is 0.304 e. The molecule has 4 rings (SSSR count). The molecule has 0 spiro atoms. The second kappa shape index (κ2) is 12.2. The first-order chi connectivity index (χ1) is 17.4. The van der Waals surface area contributed by atoms with Crippen molar-refractivity contribution in [2.24, 2.45) is 0 Å². The standard InChI is InChI=1S/C27H27N2O5PS/c1-21-25(30)28-27(31)29(26(21)36-24-15-9-4-10-16-24)17-18-35(32,33-19-22-11-5-2-6-12-22)34-20-23-13-7-3-8-14-23/h2-16H,17-20H2,1H3,(H,28,30,31). The van der Waals surface area contributed by atoms with Crippen LogP contribution < -0.4 is 11.2 Å². The number of nitrogens with zero attached hydrogens (tertiary/aromatic N) is 1. The van der Waals surface area contributed by atoms with E-state index in [2.05, 4.69) is 4.98 Å². The van der Waals surface area contributed by atoms with Crippen LogP contribution in [0.2, 0.25) is 0 Å². The van der Waals surface area contributed by atoms with Gasteiger partial charge in [-0.3, -0.25) is 18.9 Å². The molecule has 0 fully saturated rings. The Balaban J connectivity index is 1.58. The molecule has 0 aliphatic rings. The van der Waals surface area contributed by atoms with Crippen LogP contribution in [0.15, 0.2) is 111 Å². The van der Waals surface area contributed by atoms with E-state index in [0.717, 1.165) is 16.0 Å². The normalized spacial score (nSPS) is 11.5. The van der Waals surface area contributed by atoms with E-state index in [4.69, 9.17) is 9.05 Å². The summed E-state index contributed by atoms with van der Waals surface area (Å²) < 4.78 is 27.0. The van der Waals surface area contributed by atoms with Gasteiger partial charge in [-0.2, -0.15) is 0 Å². The van der Waals surface area contributed by atoms with Gasteiger partial charge in [0, 0.05) is 17.0 Å². The lowest BCUT2D eigenvalue weighted by atomic mass is 10.2. The molecule has 186 valence electrons. The Kier molecular flexibility index (Phi) is 8.78. The summed E-state index contributed by atoms with van der Waals surface area (Å²) in [7, 11) is -3.63. The molecule has 0 amide bonds. The molecule has 0 aliphatic carbocycles. The van der Waals surface area contributed by atoms with Crippen LogP contribution in [0.25, 0.3) is 0 Å². The summed E-state index contributed by atoms with van der Waals surface area (Å²) in [6, 6.07) is 28.3. The van der Waals surface area contributed by atoms with Crippen molar-refractivity contribution in [3.63, 3.8) is 0 Å². The van der Waals surface area contributed by atoms with Crippen LogP contribution >= 0.6 is 19.4 Å². The lowest BCUT2D eigenvalue weighted by Gasteiger charge is -2.21. The maximum Gasteiger partial charge on any atom is 0.333 e. The van der Waals surface area contributed by atoms with Gasteiger partial charge < -0.3 is 9.05 Å². The Morgan fingerprint density at radius 3 is 1.83 bits per heavy atom. The Hall–Kier alpha value is -3.16. The van der Waals surface area contributed by atoms with Crippen molar-refractivity contribution in [2.75, 3.05) is 6.16 Å². The number of H-pyrrole nitrogens is 1. The summed E-state index contributed by atoms with van der Waals surface area (Å²) in [5.41, 5.74) is 1.12. The maximum atomic E-state index is 13.8. The van der Waals surface area contributed by atoms with Gasteiger partial charge in [-0.25, -0.2) is 4.79 Å². The number of rotatable bonds is 11. The fraction of sp³-hybridized carbons (Fsp3) is 0.185. The maximum absolute atomic E-state index is 13.8. The predicted octanol–water partition coefficient (Wildman–Crippen LogP) is 5.62. The van der Waals surface area contributed by atoms with Gasteiger partial charge in [-0.05, 0) is 30.2 Å². The fourth-order valence-electron chi connectivity index (χ4n) is 3.47. The van der Waals surface area contributed by atoms with Gasteiger partial charge in [0.1, 0.15) is 0 Å². The number of hydrogen-bond donors (Lipinski definition) is 1. The third kappa shape index (κ3) is 6.95. The highest BCUT2D eigenvalue weighted by Gasteiger charge is 2.26. The number of hydrogen-bond acceptors (Lipinski definition) is 6. The zero-order chi connectivity index (χ0) is 25.4. The topological polar surface area (TPSA) is 90.4 Å². The minimum Gasteiger partial charge on any atom is -0.304 e. The van der Waals surface area contributed by atoms with Crippen molar-refractivity contribution in [1.29, 1.82) is 0 Å². The van der Waals surface area contributed by atoms with Crippen LogP contribution in [0.1, 0.15) is 16.7 Å². The predicted molar refractivity (Wildman–Crippen MR) is 142 cm³/mol. The zero-order valence-electron chi connectivity index (χ0n) is 19.8. The second-order valence-electron chi connectivity index (χ2n) is 8.11. The van der Waals surface area contributed by atoms with Gasteiger partial charge >= 0.3 is 13.3 Å². The largest absolute Gasteiger partial charge is 0.333 e. The molecule has 0 unspecified atom stereocenters. The van der Waals surface area contributed by atoms with Crippen LogP contribution in [0, 0.1) is 6.92 Å². The number of benzene rings is 3. The quantitative estimate of drug-likeness (QED) is 0.203. The van der Waals surface area contributed by atoms with Crippen molar-refractivity contribution in [3.05, 3.63) is 129 Å². The van der Waals surface area contributed by atoms with Gasteiger partial charge in [0.2, 0.25) is 0 Å². The molecule has 0 radical (unpaired) electrons. The Morgan fingerprint density at radius 1 is 0.806 bits per heavy atom. The molecule has 9 heteroatoms. The first-order valence-electron chi connectivity index (χ1n) is 11.5. The molecule has 0 saturated carbocycles. The number of aromatic nitrogens is 2. The number of aromatic amines is 1. The molecule has 1 aromatic heterocycles. The zero-order valence-corrected chi connectivity index (χ0v) is 21.5. The Labute approximate surface area is 213 Å². The first-order valence-corrected chi connectivity index (χ1v) is 14.0. The average Bonchev–Trinajstić information content (AvgIpc) is 2.91. The lowest BCUT2D eigenvalue weighted by molar-refractivity contribution is 0.190. The summed E-state index contributed by atoms with van der Waals surface area (Å²) in [4.78, 5) is 28.4. The Bertz CT molecular complexity index is 1390. The van der Waals surface area contributed by atoms with E-state index in [1.807, 2.05) is 91.0 Å². The summed E-state index contributed by atoms with van der Waals surface area (Å²) >= 11 is 1.31.